The maximum atomic E-state index is 12.2. The molecule has 0 bridgehead atoms. The summed E-state index contributed by atoms with van der Waals surface area (Å²) in [4.78, 5) is 0.203. The normalized spacial score (nSPS) is 12.4. The van der Waals surface area contributed by atoms with E-state index in [4.69, 9.17) is 0 Å². The zero-order chi connectivity index (χ0) is 14.8. The third kappa shape index (κ3) is 3.35. The van der Waals surface area contributed by atoms with Gasteiger partial charge in [-0.15, -0.1) is 0 Å². The molecule has 0 saturated carbocycles. The van der Waals surface area contributed by atoms with Crippen molar-refractivity contribution in [1.29, 1.82) is 0 Å². The predicted molar refractivity (Wildman–Crippen MR) is 84.7 cm³/mol. The van der Waals surface area contributed by atoms with E-state index in [2.05, 4.69) is 20.3 Å². The smallest absolute Gasteiger partial charge is 0.199 e. The Morgan fingerprint density at radius 1 is 1.05 bits per heavy atom. The van der Waals surface area contributed by atoms with Gasteiger partial charge >= 0.3 is 0 Å². The standard InChI is InChI=1S/C15H14BrNO2S/c1-11-7-9-13(10-8-11)20(18,19)17-12(2)14-5-3-4-6-15(14)16/h3-10H,1-2H3. The minimum atomic E-state index is -3.67. The summed E-state index contributed by atoms with van der Waals surface area (Å²) in [6.45, 7) is 3.60. The summed E-state index contributed by atoms with van der Waals surface area (Å²) in [5.41, 5.74) is 2.23. The van der Waals surface area contributed by atoms with Gasteiger partial charge < -0.3 is 0 Å². The summed E-state index contributed by atoms with van der Waals surface area (Å²) in [6.07, 6.45) is 0. The van der Waals surface area contributed by atoms with Crippen molar-refractivity contribution in [2.75, 3.05) is 0 Å². The highest BCUT2D eigenvalue weighted by molar-refractivity contribution is 9.10. The molecule has 0 aromatic heterocycles. The van der Waals surface area contributed by atoms with Crippen LogP contribution >= 0.6 is 15.9 Å². The summed E-state index contributed by atoms with van der Waals surface area (Å²) < 4.78 is 29.2. The van der Waals surface area contributed by atoms with Crippen molar-refractivity contribution in [1.82, 2.24) is 0 Å². The van der Waals surface area contributed by atoms with Gasteiger partial charge in [-0.1, -0.05) is 51.8 Å². The number of halogens is 1. The third-order valence-corrected chi connectivity index (χ3v) is 4.91. The number of nitrogens with zero attached hydrogens (tertiary/aromatic N) is 1. The van der Waals surface area contributed by atoms with E-state index in [9.17, 15) is 8.42 Å². The van der Waals surface area contributed by atoms with Crippen LogP contribution in [0.5, 0.6) is 0 Å². The van der Waals surface area contributed by atoms with Gasteiger partial charge in [-0.25, -0.2) is 0 Å². The van der Waals surface area contributed by atoms with Gasteiger partial charge in [0, 0.05) is 10.0 Å². The third-order valence-electron chi connectivity index (χ3n) is 2.84. The summed E-state index contributed by atoms with van der Waals surface area (Å²) in [6, 6.07) is 14.1. The summed E-state index contributed by atoms with van der Waals surface area (Å²) in [5, 5.41) is 0. The fourth-order valence-corrected chi connectivity index (χ4v) is 3.36. The average Bonchev–Trinajstić information content (AvgIpc) is 2.39. The second kappa shape index (κ2) is 5.89. The van der Waals surface area contributed by atoms with Gasteiger partial charge in [0.25, 0.3) is 10.0 Å². The first kappa shape index (κ1) is 14.9. The SMILES string of the molecule is CC(=NS(=O)(=O)c1ccc(C)cc1)c1ccccc1Br. The Kier molecular flexibility index (Phi) is 4.40. The van der Waals surface area contributed by atoms with Crippen molar-refractivity contribution in [2.45, 2.75) is 18.7 Å². The predicted octanol–water partition coefficient (Wildman–Crippen LogP) is 3.96. The second-order valence-corrected chi connectivity index (χ2v) is 6.90. The van der Waals surface area contributed by atoms with E-state index >= 15 is 0 Å². The van der Waals surface area contributed by atoms with Crippen LogP contribution in [0.1, 0.15) is 18.1 Å². The highest BCUT2D eigenvalue weighted by atomic mass is 79.9. The molecule has 104 valence electrons. The molecule has 0 N–H and O–H groups in total. The molecule has 0 saturated heterocycles. The molecule has 3 nitrogen and oxygen atoms in total. The second-order valence-electron chi connectivity index (χ2n) is 4.44. The highest BCUT2D eigenvalue weighted by Crippen LogP contribution is 2.19. The number of hydrogen-bond donors (Lipinski definition) is 0. The molecule has 0 amide bonds. The Morgan fingerprint density at radius 2 is 1.65 bits per heavy atom. The van der Waals surface area contributed by atoms with Crippen LogP contribution in [-0.4, -0.2) is 14.1 Å². The zero-order valence-electron chi connectivity index (χ0n) is 11.2. The first-order valence-corrected chi connectivity index (χ1v) is 8.26. The van der Waals surface area contributed by atoms with E-state index in [0.29, 0.717) is 5.71 Å². The lowest BCUT2D eigenvalue weighted by Gasteiger charge is -2.05. The van der Waals surface area contributed by atoms with Crippen LogP contribution < -0.4 is 0 Å². The molecule has 2 rings (SSSR count). The van der Waals surface area contributed by atoms with Gasteiger partial charge in [-0.05, 0) is 32.0 Å². The molecule has 0 aliphatic rings. The molecular formula is C15H14BrNO2S. The summed E-state index contributed by atoms with van der Waals surface area (Å²) >= 11 is 3.39. The molecule has 20 heavy (non-hydrogen) atoms. The first-order chi connectivity index (χ1) is 9.40. The van der Waals surface area contributed by atoms with Gasteiger partial charge in [0.2, 0.25) is 0 Å². The van der Waals surface area contributed by atoms with E-state index < -0.39 is 10.0 Å². The number of hydrogen-bond acceptors (Lipinski definition) is 2. The van der Waals surface area contributed by atoms with E-state index in [1.807, 2.05) is 31.2 Å². The molecule has 0 radical (unpaired) electrons. The fourth-order valence-electron chi connectivity index (χ4n) is 1.75. The average molecular weight is 352 g/mol. The van der Waals surface area contributed by atoms with Crippen molar-refractivity contribution in [3.8, 4) is 0 Å². The number of rotatable bonds is 3. The van der Waals surface area contributed by atoms with Gasteiger partial charge in [0.1, 0.15) is 0 Å². The molecule has 2 aromatic carbocycles. The summed E-state index contributed by atoms with van der Waals surface area (Å²) in [7, 11) is -3.67. The molecule has 0 aliphatic carbocycles. The van der Waals surface area contributed by atoms with E-state index in [0.717, 1.165) is 15.6 Å². The maximum Gasteiger partial charge on any atom is 0.282 e. The van der Waals surface area contributed by atoms with E-state index in [1.54, 1.807) is 31.2 Å². The lowest BCUT2D eigenvalue weighted by Crippen LogP contribution is -2.04. The monoisotopic (exact) mass is 351 g/mol. The Labute approximate surface area is 127 Å². The lowest BCUT2D eigenvalue weighted by atomic mass is 10.1. The number of sulfonamides is 1. The zero-order valence-corrected chi connectivity index (χ0v) is 13.6. The van der Waals surface area contributed by atoms with Crippen LogP contribution in [0.25, 0.3) is 0 Å². The van der Waals surface area contributed by atoms with E-state index in [1.165, 1.54) is 0 Å². The minimum Gasteiger partial charge on any atom is -0.199 e. The Balaban J connectivity index is 2.43. The molecular weight excluding hydrogens is 338 g/mol. The van der Waals surface area contributed by atoms with Gasteiger partial charge in [0.15, 0.2) is 0 Å². The van der Waals surface area contributed by atoms with Crippen LogP contribution in [0.4, 0.5) is 0 Å². The highest BCUT2D eigenvalue weighted by Gasteiger charge is 2.14. The molecule has 0 atom stereocenters. The van der Waals surface area contributed by atoms with Crippen molar-refractivity contribution < 1.29 is 8.42 Å². The van der Waals surface area contributed by atoms with Crippen LogP contribution in [0, 0.1) is 6.92 Å². The largest absolute Gasteiger partial charge is 0.282 e. The fraction of sp³-hybridized carbons (Fsp3) is 0.133. The molecule has 5 heteroatoms. The van der Waals surface area contributed by atoms with Gasteiger partial charge in [-0.3, -0.25) is 0 Å². The van der Waals surface area contributed by atoms with Gasteiger partial charge in [0.05, 0.1) is 10.6 Å². The van der Waals surface area contributed by atoms with Crippen molar-refractivity contribution in [3.05, 3.63) is 64.1 Å². The lowest BCUT2D eigenvalue weighted by molar-refractivity contribution is 0.598. The van der Waals surface area contributed by atoms with E-state index in [-0.39, 0.29) is 4.90 Å². The number of aryl methyl sites for hydroxylation is 1. The van der Waals surface area contributed by atoms with Crippen LogP contribution in [0.2, 0.25) is 0 Å². The summed E-state index contributed by atoms with van der Waals surface area (Å²) in [5.74, 6) is 0. The topological polar surface area (TPSA) is 46.5 Å². The number of benzene rings is 2. The Morgan fingerprint density at radius 3 is 2.25 bits per heavy atom. The molecule has 2 aromatic rings. The van der Waals surface area contributed by atoms with Crippen LogP contribution in [0.15, 0.2) is 62.3 Å². The van der Waals surface area contributed by atoms with Crippen molar-refractivity contribution >= 4 is 31.7 Å². The Hall–Kier alpha value is -1.46. The molecule has 0 heterocycles. The van der Waals surface area contributed by atoms with Crippen LogP contribution in [-0.2, 0) is 10.0 Å². The van der Waals surface area contributed by atoms with Crippen molar-refractivity contribution in [3.63, 3.8) is 0 Å². The maximum absolute atomic E-state index is 12.2. The molecule has 0 fully saturated rings. The minimum absolute atomic E-state index is 0.203. The van der Waals surface area contributed by atoms with Crippen molar-refractivity contribution in [2.24, 2.45) is 4.40 Å². The van der Waals surface area contributed by atoms with Crippen LogP contribution in [0.3, 0.4) is 0 Å². The Bertz CT molecular complexity index is 750. The molecule has 0 aliphatic heterocycles. The molecule has 0 unspecified atom stereocenters. The first-order valence-electron chi connectivity index (χ1n) is 6.03. The van der Waals surface area contributed by atoms with Gasteiger partial charge in [-0.2, -0.15) is 12.8 Å². The quantitative estimate of drug-likeness (QED) is 0.785. The molecule has 0 spiro atoms.